The van der Waals surface area contributed by atoms with Crippen molar-refractivity contribution in [3.63, 3.8) is 0 Å². The normalized spacial score (nSPS) is 18.1. The van der Waals surface area contributed by atoms with Gasteiger partial charge < -0.3 is 11.1 Å². The van der Waals surface area contributed by atoms with Crippen LogP contribution in [0.25, 0.3) is 0 Å². The maximum Gasteiger partial charge on any atom is 0.127 e. The SMILES string of the molecule is NCc1cc2c(cc1F)CCCNC2Cc1ccccc1. The first kappa shape index (κ1) is 14.2. The lowest BCUT2D eigenvalue weighted by atomic mass is 9.92. The standard InChI is InChI=1S/C18H21FN2/c19-17-11-14-7-4-8-21-18(16(14)10-15(17)12-20)9-13-5-2-1-3-6-13/h1-3,5-6,10-11,18,21H,4,7-9,12,20H2. The Labute approximate surface area is 125 Å². The third-order valence-corrected chi connectivity index (χ3v) is 4.20. The molecule has 0 radical (unpaired) electrons. The van der Waals surface area contributed by atoms with Gasteiger partial charge in [-0.05, 0) is 54.6 Å². The van der Waals surface area contributed by atoms with Crippen LogP contribution in [0.4, 0.5) is 4.39 Å². The first-order valence-corrected chi connectivity index (χ1v) is 7.56. The second-order valence-electron chi connectivity index (χ2n) is 5.65. The molecule has 1 aliphatic heterocycles. The Bertz CT molecular complexity index is 610. The van der Waals surface area contributed by atoms with Crippen molar-refractivity contribution in [1.82, 2.24) is 5.32 Å². The molecule has 0 saturated carbocycles. The van der Waals surface area contributed by atoms with E-state index < -0.39 is 0 Å². The lowest BCUT2D eigenvalue weighted by molar-refractivity contribution is 0.538. The molecule has 1 atom stereocenters. The van der Waals surface area contributed by atoms with Gasteiger partial charge in [0, 0.05) is 18.2 Å². The number of nitrogens with one attached hydrogen (secondary N) is 1. The summed E-state index contributed by atoms with van der Waals surface area (Å²) in [5, 5.41) is 3.59. The molecule has 21 heavy (non-hydrogen) atoms. The number of hydrogen-bond donors (Lipinski definition) is 2. The first-order chi connectivity index (χ1) is 10.3. The van der Waals surface area contributed by atoms with Gasteiger partial charge in [-0.2, -0.15) is 0 Å². The summed E-state index contributed by atoms with van der Waals surface area (Å²) in [6.07, 6.45) is 2.89. The summed E-state index contributed by atoms with van der Waals surface area (Å²) < 4.78 is 14.0. The van der Waals surface area contributed by atoms with Crippen LogP contribution in [0.2, 0.25) is 0 Å². The van der Waals surface area contributed by atoms with Crippen LogP contribution in [0.5, 0.6) is 0 Å². The number of benzene rings is 2. The molecule has 3 rings (SSSR count). The molecule has 0 aliphatic carbocycles. The fourth-order valence-corrected chi connectivity index (χ4v) is 3.07. The third-order valence-electron chi connectivity index (χ3n) is 4.20. The van der Waals surface area contributed by atoms with Crippen molar-refractivity contribution < 1.29 is 4.39 Å². The quantitative estimate of drug-likeness (QED) is 0.909. The topological polar surface area (TPSA) is 38.0 Å². The van der Waals surface area contributed by atoms with E-state index in [4.69, 9.17) is 5.73 Å². The first-order valence-electron chi connectivity index (χ1n) is 7.56. The number of rotatable bonds is 3. The highest BCUT2D eigenvalue weighted by Crippen LogP contribution is 2.28. The van der Waals surface area contributed by atoms with Crippen molar-refractivity contribution >= 4 is 0 Å². The van der Waals surface area contributed by atoms with Crippen LogP contribution in [0.3, 0.4) is 0 Å². The van der Waals surface area contributed by atoms with Gasteiger partial charge >= 0.3 is 0 Å². The molecule has 2 aromatic rings. The van der Waals surface area contributed by atoms with E-state index in [-0.39, 0.29) is 18.4 Å². The van der Waals surface area contributed by atoms with Crippen LogP contribution >= 0.6 is 0 Å². The summed E-state index contributed by atoms with van der Waals surface area (Å²) in [7, 11) is 0. The van der Waals surface area contributed by atoms with Crippen LogP contribution in [-0.2, 0) is 19.4 Å². The average Bonchev–Trinajstić information content (AvgIpc) is 2.69. The van der Waals surface area contributed by atoms with Gasteiger partial charge in [0.2, 0.25) is 0 Å². The summed E-state index contributed by atoms with van der Waals surface area (Å²) in [6.45, 7) is 1.21. The van der Waals surface area contributed by atoms with Gasteiger partial charge in [0.15, 0.2) is 0 Å². The van der Waals surface area contributed by atoms with Gasteiger partial charge in [-0.1, -0.05) is 30.3 Å². The lowest BCUT2D eigenvalue weighted by Crippen LogP contribution is -2.23. The fourth-order valence-electron chi connectivity index (χ4n) is 3.07. The van der Waals surface area contributed by atoms with Crippen molar-refractivity contribution in [2.75, 3.05) is 6.54 Å². The number of hydrogen-bond acceptors (Lipinski definition) is 2. The Kier molecular flexibility index (Phi) is 4.32. The molecule has 0 saturated heterocycles. The number of halogens is 1. The zero-order valence-corrected chi connectivity index (χ0v) is 12.1. The minimum atomic E-state index is -0.170. The van der Waals surface area contributed by atoms with Gasteiger partial charge in [0.1, 0.15) is 5.82 Å². The van der Waals surface area contributed by atoms with E-state index in [2.05, 4.69) is 29.6 Å². The molecule has 1 heterocycles. The van der Waals surface area contributed by atoms with E-state index in [1.807, 2.05) is 12.1 Å². The molecule has 110 valence electrons. The zero-order chi connectivity index (χ0) is 14.7. The second kappa shape index (κ2) is 6.37. The zero-order valence-electron chi connectivity index (χ0n) is 12.1. The van der Waals surface area contributed by atoms with E-state index in [9.17, 15) is 4.39 Å². The van der Waals surface area contributed by atoms with Crippen molar-refractivity contribution in [2.45, 2.75) is 31.8 Å². The molecule has 1 aliphatic rings. The Morgan fingerprint density at radius 3 is 2.76 bits per heavy atom. The highest BCUT2D eigenvalue weighted by molar-refractivity contribution is 5.37. The van der Waals surface area contributed by atoms with Gasteiger partial charge in [0.05, 0.1) is 0 Å². The minimum absolute atomic E-state index is 0.170. The number of nitrogens with two attached hydrogens (primary N) is 1. The highest BCUT2D eigenvalue weighted by Gasteiger charge is 2.20. The minimum Gasteiger partial charge on any atom is -0.326 e. The molecule has 2 aromatic carbocycles. The highest BCUT2D eigenvalue weighted by atomic mass is 19.1. The third kappa shape index (κ3) is 3.14. The van der Waals surface area contributed by atoms with Crippen molar-refractivity contribution in [3.8, 4) is 0 Å². The molecule has 2 nitrogen and oxygen atoms in total. The average molecular weight is 284 g/mol. The Morgan fingerprint density at radius 2 is 2.00 bits per heavy atom. The Balaban J connectivity index is 1.96. The van der Waals surface area contributed by atoms with Crippen molar-refractivity contribution in [1.29, 1.82) is 0 Å². The summed E-state index contributed by atoms with van der Waals surface area (Å²) in [5.41, 5.74) is 9.89. The summed E-state index contributed by atoms with van der Waals surface area (Å²) in [6, 6.07) is 14.3. The largest absolute Gasteiger partial charge is 0.326 e. The summed E-state index contributed by atoms with van der Waals surface area (Å²) >= 11 is 0. The van der Waals surface area contributed by atoms with E-state index in [0.717, 1.165) is 31.4 Å². The monoisotopic (exact) mass is 284 g/mol. The van der Waals surface area contributed by atoms with E-state index in [1.165, 1.54) is 11.1 Å². The smallest absolute Gasteiger partial charge is 0.127 e. The molecule has 0 spiro atoms. The lowest BCUT2D eigenvalue weighted by Gasteiger charge is -2.20. The number of fused-ring (bicyclic) bond motifs is 1. The molecule has 0 bridgehead atoms. The second-order valence-corrected chi connectivity index (χ2v) is 5.65. The van der Waals surface area contributed by atoms with Gasteiger partial charge in [0.25, 0.3) is 0 Å². The molecule has 1 unspecified atom stereocenters. The van der Waals surface area contributed by atoms with Gasteiger partial charge in [-0.25, -0.2) is 4.39 Å². The van der Waals surface area contributed by atoms with Crippen LogP contribution in [0, 0.1) is 5.82 Å². The molecule has 0 fully saturated rings. The van der Waals surface area contributed by atoms with Gasteiger partial charge in [-0.15, -0.1) is 0 Å². The van der Waals surface area contributed by atoms with E-state index in [0.29, 0.717) is 5.56 Å². The van der Waals surface area contributed by atoms with Crippen LogP contribution in [0.1, 0.15) is 34.7 Å². The predicted octanol–water partition coefficient (Wildman–Crippen LogP) is 3.10. The summed E-state index contributed by atoms with van der Waals surface area (Å²) in [4.78, 5) is 0. The van der Waals surface area contributed by atoms with Crippen LogP contribution in [0.15, 0.2) is 42.5 Å². The van der Waals surface area contributed by atoms with Crippen LogP contribution in [-0.4, -0.2) is 6.54 Å². The molecule has 3 heteroatoms. The molecule has 3 N–H and O–H groups in total. The maximum atomic E-state index is 14.0. The number of aryl methyl sites for hydroxylation is 1. The Hall–Kier alpha value is -1.71. The van der Waals surface area contributed by atoms with E-state index >= 15 is 0 Å². The predicted molar refractivity (Wildman–Crippen MR) is 83.5 cm³/mol. The molecule has 0 aromatic heterocycles. The van der Waals surface area contributed by atoms with Crippen molar-refractivity contribution in [3.05, 3.63) is 70.5 Å². The van der Waals surface area contributed by atoms with Crippen LogP contribution < -0.4 is 11.1 Å². The van der Waals surface area contributed by atoms with Crippen molar-refractivity contribution in [2.24, 2.45) is 5.73 Å². The summed E-state index contributed by atoms with van der Waals surface area (Å²) in [5.74, 6) is -0.170. The maximum absolute atomic E-state index is 14.0. The molecular formula is C18H21FN2. The Morgan fingerprint density at radius 1 is 1.19 bits per heavy atom. The molecule has 0 amide bonds. The molecular weight excluding hydrogens is 263 g/mol. The van der Waals surface area contributed by atoms with E-state index in [1.54, 1.807) is 6.07 Å². The fraction of sp³-hybridized carbons (Fsp3) is 0.333. The van der Waals surface area contributed by atoms with Gasteiger partial charge in [-0.3, -0.25) is 0 Å².